The Kier molecular flexibility index (Phi) is 11.9. The number of ether oxygens (including phenoxy) is 1. The molecule has 0 amide bonds. The largest absolute Gasteiger partial charge is 0.509 e. The van der Waals surface area contributed by atoms with Gasteiger partial charge >= 0.3 is 0 Å². The molecule has 10 aromatic carbocycles. The van der Waals surface area contributed by atoms with Crippen molar-refractivity contribution in [1.82, 2.24) is 4.98 Å². The topological polar surface area (TPSA) is 31.8 Å². The van der Waals surface area contributed by atoms with Gasteiger partial charge in [-0.1, -0.05) is 238 Å². The van der Waals surface area contributed by atoms with Crippen molar-refractivity contribution in [3.8, 4) is 56.0 Å². The molecule has 0 saturated carbocycles. The van der Waals surface area contributed by atoms with E-state index in [-0.39, 0.29) is 60.5 Å². The van der Waals surface area contributed by atoms with Gasteiger partial charge in [0, 0.05) is 82.3 Å². The van der Waals surface area contributed by atoms with Gasteiger partial charge in [0.05, 0.1) is 6.85 Å². The first-order valence-corrected chi connectivity index (χ1v) is 31.1. The van der Waals surface area contributed by atoms with E-state index in [0.717, 1.165) is 60.8 Å². The maximum atomic E-state index is 9.35. The van der Waals surface area contributed by atoms with Crippen molar-refractivity contribution in [2.45, 2.75) is 85.4 Å². The van der Waals surface area contributed by atoms with Crippen LogP contribution < -0.4 is 40.2 Å². The number of pyridine rings is 1. The Balaban J connectivity index is 0.00000803. The quantitative estimate of drug-likeness (QED) is 0.112. The molecule has 14 rings (SSSR count). The van der Waals surface area contributed by atoms with Crippen LogP contribution in [0.3, 0.4) is 0 Å². The van der Waals surface area contributed by atoms with E-state index in [1.807, 2.05) is 90.4 Å². The summed E-state index contributed by atoms with van der Waals surface area (Å²) >= 11 is 0. The average Bonchev–Trinajstić information content (AvgIpc) is 1.43. The zero-order valence-electron chi connectivity index (χ0n) is 57.6. The summed E-state index contributed by atoms with van der Waals surface area (Å²) in [4.78, 5) is 11.4. The molecule has 3 aliphatic rings. The van der Waals surface area contributed by atoms with Crippen LogP contribution in [-0.4, -0.2) is 13.1 Å². The van der Waals surface area contributed by atoms with Crippen LogP contribution in [0.15, 0.2) is 231 Å². The van der Waals surface area contributed by atoms with Crippen LogP contribution in [0, 0.1) is 25.7 Å². The molecule has 0 bridgehead atoms. The summed E-state index contributed by atoms with van der Waals surface area (Å²) in [5.41, 5.74) is 13.5. The fourth-order valence-electron chi connectivity index (χ4n) is 12.8. The Bertz CT molecular complexity index is 4750. The van der Waals surface area contributed by atoms with Gasteiger partial charge in [-0.2, -0.15) is 12.1 Å². The van der Waals surface area contributed by atoms with Crippen LogP contribution >= 0.6 is 0 Å². The van der Waals surface area contributed by atoms with Crippen molar-refractivity contribution in [3.05, 3.63) is 272 Å². The molecule has 11 aromatic rings. The Morgan fingerprint density at radius 3 is 1.67 bits per heavy atom. The second kappa shape index (κ2) is 21.5. The molecule has 0 fully saturated rings. The summed E-state index contributed by atoms with van der Waals surface area (Å²) in [6.07, 6.45) is 1.70. The molecule has 0 unspecified atom stereocenters. The number of aromatic nitrogens is 1. The van der Waals surface area contributed by atoms with Gasteiger partial charge in [-0.3, -0.25) is 0 Å². The van der Waals surface area contributed by atoms with Crippen LogP contribution in [0.1, 0.15) is 95.5 Å². The Hall–Kier alpha value is -8.54. The van der Waals surface area contributed by atoms with E-state index in [1.54, 1.807) is 12.3 Å². The van der Waals surface area contributed by atoms with E-state index >= 15 is 0 Å². The Morgan fingerprint density at radius 2 is 1.03 bits per heavy atom. The fraction of sp³-hybridized carbons (Fsp3) is 0.165. The Morgan fingerprint density at radius 1 is 0.477 bits per heavy atom. The van der Waals surface area contributed by atoms with Crippen LogP contribution in [0.4, 0.5) is 39.9 Å². The third kappa shape index (κ3) is 9.53. The smallest absolute Gasteiger partial charge is 0.135 e. The molecule has 1 spiro atoms. The fourth-order valence-corrected chi connectivity index (χ4v) is 18.2. The van der Waals surface area contributed by atoms with Gasteiger partial charge in [0.25, 0.3) is 0 Å². The summed E-state index contributed by atoms with van der Waals surface area (Å²) in [7, 11) is -3.15. The first-order valence-electron chi connectivity index (χ1n) is 33.1. The third-order valence-electron chi connectivity index (χ3n) is 17.1. The van der Waals surface area contributed by atoms with Gasteiger partial charge in [0.1, 0.15) is 13.9 Å². The van der Waals surface area contributed by atoms with E-state index in [9.17, 15) is 2.74 Å². The SMILES string of the molecule is [2H]c1c([2H])c([2H])c(-c2cccc(-c3cc(C(C)(C)C)cc(C(C)(C)C)c3)c2N2[CH-]N(c3[c-]c(Oc4[c-]c5c(cc4)[Si]4(c6ccccc6-c6ccccc64)c4ccccc4N5c4cc(C([2H])([2H])[2H])c(-c5ccc(C(C)(C)C)cc5)cn4)ccc3)c3ccccc32)c([2H])c1[2H].[Pt]. The van der Waals surface area contributed by atoms with Crippen molar-refractivity contribution in [3.63, 3.8) is 0 Å². The molecular formula is C79H69N4OPtSi-3. The first-order chi connectivity index (χ1) is 44.2. The van der Waals surface area contributed by atoms with Gasteiger partial charge in [-0.05, 0) is 113 Å². The summed E-state index contributed by atoms with van der Waals surface area (Å²) in [5, 5.41) is 4.69. The first kappa shape index (κ1) is 47.7. The van der Waals surface area contributed by atoms with Gasteiger partial charge < -0.3 is 19.4 Å². The molecule has 428 valence electrons. The monoisotopic (exact) mass is 1320 g/mol. The maximum absolute atomic E-state index is 9.35. The minimum absolute atomic E-state index is 0. The van der Waals surface area contributed by atoms with E-state index in [0.29, 0.717) is 45.5 Å². The number of anilines is 7. The van der Waals surface area contributed by atoms with Crippen LogP contribution in [-0.2, 0) is 37.3 Å². The molecule has 3 aliphatic heterocycles. The van der Waals surface area contributed by atoms with Gasteiger partial charge in [0.15, 0.2) is 0 Å². The summed E-state index contributed by atoms with van der Waals surface area (Å²) in [6, 6.07) is 71.6. The number of hydrogen-bond donors (Lipinski definition) is 0. The van der Waals surface area contributed by atoms with E-state index < -0.39 is 33.1 Å². The predicted molar refractivity (Wildman–Crippen MR) is 358 cm³/mol. The zero-order valence-corrected chi connectivity index (χ0v) is 52.9. The van der Waals surface area contributed by atoms with Gasteiger partial charge in [0.2, 0.25) is 0 Å². The molecule has 5 nitrogen and oxygen atoms in total. The van der Waals surface area contributed by atoms with Gasteiger partial charge in [-0.25, -0.2) is 4.98 Å². The number of aryl methyl sites for hydroxylation is 1. The number of hydrogen-bond acceptors (Lipinski definition) is 5. The summed E-state index contributed by atoms with van der Waals surface area (Å²) < 4.78 is 79.1. The molecule has 0 saturated heterocycles. The summed E-state index contributed by atoms with van der Waals surface area (Å²) in [5.74, 6) is 1.23. The molecule has 0 atom stereocenters. The van der Waals surface area contributed by atoms with Crippen molar-refractivity contribution in [2.24, 2.45) is 0 Å². The molecule has 4 heterocycles. The van der Waals surface area contributed by atoms with E-state index in [4.69, 9.17) is 17.9 Å². The second-order valence-electron chi connectivity index (χ2n) is 25.5. The molecule has 86 heavy (non-hydrogen) atoms. The molecule has 0 aliphatic carbocycles. The minimum Gasteiger partial charge on any atom is -0.509 e. The number of rotatable bonds is 8. The number of para-hydroxylation sites is 4. The Labute approximate surface area is 535 Å². The molecule has 7 heteroatoms. The van der Waals surface area contributed by atoms with E-state index in [2.05, 4.69) is 193 Å². The molecular weight excluding hydrogens is 1240 g/mol. The van der Waals surface area contributed by atoms with Crippen molar-refractivity contribution in [2.75, 3.05) is 14.7 Å². The normalized spacial score (nSPS) is 15.3. The van der Waals surface area contributed by atoms with Crippen LogP contribution in [0.2, 0.25) is 0 Å². The number of fused-ring (bicyclic) bond motifs is 10. The maximum Gasteiger partial charge on any atom is 0.135 e. The van der Waals surface area contributed by atoms with Crippen LogP contribution in [0.25, 0.3) is 44.5 Å². The molecule has 0 N–H and O–H groups in total. The average molecular weight is 1320 g/mol. The summed E-state index contributed by atoms with van der Waals surface area (Å²) in [6.45, 7) is 19.2. The van der Waals surface area contributed by atoms with Gasteiger partial charge in [-0.15, -0.1) is 47.9 Å². The third-order valence-corrected chi connectivity index (χ3v) is 22.0. The van der Waals surface area contributed by atoms with Crippen molar-refractivity contribution < 1.29 is 36.8 Å². The number of nitrogens with zero attached hydrogens (tertiary/aromatic N) is 4. The molecule has 0 radical (unpaired) electrons. The second-order valence-corrected chi connectivity index (χ2v) is 29.2. The standard InChI is InChI=1S/C79H69N4OSi.Pt/c1-52-44-75(80-50-66(52)54-38-40-56(41-39-54)77(2,3)4)83-69-34-18-21-37-73(69)85(71-35-19-14-28-64(71)65-29-15-20-36-72(65)85)74-43-42-61(49-70(74)83)84-60-27-22-26-59(48-60)81-51-82(68-33-17-16-32-67(68)81)76-62(53-24-12-11-13-25-53)30-23-31-63(76)55-45-57(78(5,6)7)47-58(46-55)79(8,9)10;/h11-47,50-51H,1-10H3;/q-3;/i1D3,11D,12D,13D,24D,25D;. The van der Waals surface area contributed by atoms with Crippen molar-refractivity contribution in [1.29, 1.82) is 0 Å². The minimum atomic E-state index is -3.15. The molecule has 1 aromatic heterocycles. The predicted octanol–water partition coefficient (Wildman–Crippen LogP) is 18.2. The zero-order chi connectivity index (χ0) is 65.4. The number of benzene rings is 10. The van der Waals surface area contributed by atoms with Crippen LogP contribution in [0.5, 0.6) is 11.5 Å². The van der Waals surface area contributed by atoms with Crippen molar-refractivity contribution >= 4 is 68.8 Å². The van der Waals surface area contributed by atoms with E-state index in [1.165, 1.54) is 21.5 Å².